The summed E-state index contributed by atoms with van der Waals surface area (Å²) >= 11 is 13.8. The van der Waals surface area contributed by atoms with Gasteiger partial charge in [0, 0.05) is 34.9 Å². The molecule has 0 unspecified atom stereocenters. The summed E-state index contributed by atoms with van der Waals surface area (Å²) in [6.45, 7) is 4.29. The number of amides is 1. The van der Waals surface area contributed by atoms with Crippen molar-refractivity contribution in [1.29, 1.82) is 0 Å². The number of rotatable bonds is 8. The van der Waals surface area contributed by atoms with Crippen LogP contribution in [0.3, 0.4) is 0 Å². The molecular formula is C39H32Cl2N4O4S. The second-order valence-electron chi connectivity index (χ2n) is 11.9. The summed E-state index contributed by atoms with van der Waals surface area (Å²) in [6, 6.07) is 25.8. The molecule has 0 saturated heterocycles. The highest BCUT2D eigenvalue weighted by molar-refractivity contribution is 7.07. The summed E-state index contributed by atoms with van der Waals surface area (Å²) in [5.41, 5.74) is 5.76. The van der Waals surface area contributed by atoms with E-state index in [1.54, 1.807) is 43.9 Å². The molecule has 1 aliphatic rings. The lowest BCUT2D eigenvalue weighted by Gasteiger charge is -2.26. The van der Waals surface area contributed by atoms with Crippen molar-refractivity contribution in [3.05, 3.63) is 154 Å². The Balaban J connectivity index is 1.37. The third-order valence-electron chi connectivity index (χ3n) is 8.83. The molecule has 0 fully saturated rings. The monoisotopic (exact) mass is 722 g/mol. The highest BCUT2D eigenvalue weighted by atomic mass is 35.5. The molecule has 50 heavy (non-hydrogen) atoms. The summed E-state index contributed by atoms with van der Waals surface area (Å²) < 4.78 is 15.3. The number of aromatic nitrogens is 2. The Hall–Kier alpha value is -5.09. The average molecular weight is 724 g/mol. The minimum atomic E-state index is -0.784. The minimum absolute atomic E-state index is 0.261. The first-order valence-corrected chi connectivity index (χ1v) is 17.4. The normalized spacial score (nSPS) is 14.4. The predicted molar refractivity (Wildman–Crippen MR) is 201 cm³/mol. The molecule has 7 rings (SSSR count). The van der Waals surface area contributed by atoms with Crippen LogP contribution in [-0.4, -0.2) is 29.3 Å². The molecule has 0 bridgehead atoms. The second kappa shape index (κ2) is 13.7. The summed E-state index contributed by atoms with van der Waals surface area (Å²) in [7, 11) is 3.12. The number of nitrogens with one attached hydrogen (secondary N) is 1. The van der Waals surface area contributed by atoms with Crippen LogP contribution in [0, 0.1) is 6.92 Å². The maximum atomic E-state index is 14.5. The SMILES string of the molecule is COc1ccc([C@@H]2C(C(=O)Nc3ccccc3C)=C(C)N=c3s/c(=C\c4cn(Cc5ccc(Cl)c(Cl)c5)c5ccccc45)c(=O)n32)cc1OC. The lowest BCUT2D eigenvalue weighted by Crippen LogP contribution is -2.40. The number of fused-ring (bicyclic) bond motifs is 2. The number of ether oxygens (including phenoxy) is 2. The third kappa shape index (κ3) is 6.13. The van der Waals surface area contributed by atoms with Crippen LogP contribution in [0.25, 0.3) is 17.0 Å². The molecule has 8 nitrogen and oxygen atoms in total. The first-order valence-electron chi connectivity index (χ1n) is 15.8. The van der Waals surface area contributed by atoms with Crippen LogP contribution in [0.2, 0.25) is 10.0 Å². The van der Waals surface area contributed by atoms with Gasteiger partial charge in [0.25, 0.3) is 11.5 Å². The number of halogens is 2. The predicted octanol–water partition coefficient (Wildman–Crippen LogP) is 7.51. The lowest BCUT2D eigenvalue weighted by molar-refractivity contribution is -0.113. The van der Waals surface area contributed by atoms with Crippen molar-refractivity contribution in [3.63, 3.8) is 0 Å². The summed E-state index contributed by atoms with van der Waals surface area (Å²) in [6.07, 6.45) is 3.93. The van der Waals surface area contributed by atoms with Gasteiger partial charge < -0.3 is 19.4 Å². The van der Waals surface area contributed by atoms with Gasteiger partial charge >= 0.3 is 0 Å². The van der Waals surface area contributed by atoms with Gasteiger partial charge in [-0.25, -0.2) is 4.99 Å². The fourth-order valence-electron chi connectivity index (χ4n) is 6.35. The van der Waals surface area contributed by atoms with Crippen LogP contribution in [0.15, 0.2) is 112 Å². The van der Waals surface area contributed by atoms with E-state index in [1.807, 2.05) is 85.9 Å². The van der Waals surface area contributed by atoms with E-state index in [9.17, 15) is 9.59 Å². The lowest BCUT2D eigenvalue weighted by atomic mass is 9.94. The van der Waals surface area contributed by atoms with Gasteiger partial charge in [-0.2, -0.15) is 0 Å². The molecule has 4 aromatic carbocycles. The standard InChI is InChI=1S/C39H32Cl2N4O4S/c1-22-9-5-7-11-30(22)43-37(46)35-23(2)42-39-45(36(35)25-14-16-32(48-3)33(18-25)49-4)38(47)34(50-39)19-26-21-44(31-12-8-6-10-27(26)31)20-24-13-15-28(40)29(41)17-24/h5-19,21,36H,20H2,1-4H3,(H,43,46)/b34-19-/t36-/m1/s1. The van der Waals surface area contributed by atoms with Gasteiger partial charge in [-0.1, -0.05) is 83.1 Å². The van der Waals surface area contributed by atoms with Gasteiger partial charge in [-0.05, 0) is 73.0 Å². The highest BCUT2D eigenvalue weighted by Gasteiger charge is 2.33. The second-order valence-corrected chi connectivity index (χ2v) is 13.8. The number of carbonyl (C=O) groups is 1. The molecule has 1 N–H and O–H groups in total. The molecule has 11 heteroatoms. The number of thiazole rings is 1. The average Bonchev–Trinajstić information content (AvgIpc) is 3.61. The molecule has 252 valence electrons. The van der Waals surface area contributed by atoms with Crippen LogP contribution < -0.4 is 29.7 Å². The molecule has 3 heterocycles. The van der Waals surface area contributed by atoms with Gasteiger partial charge in [-0.3, -0.25) is 14.2 Å². The number of allylic oxidation sites excluding steroid dienone is 1. The zero-order valence-corrected chi connectivity index (χ0v) is 30.0. The number of para-hydroxylation sites is 2. The molecule has 1 aliphatic heterocycles. The van der Waals surface area contributed by atoms with Crippen molar-refractivity contribution in [1.82, 2.24) is 9.13 Å². The molecule has 6 aromatic rings. The summed E-state index contributed by atoms with van der Waals surface area (Å²) in [5, 5.41) is 5.04. The van der Waals surface area contributed by atoms with Crippen LogP contribution in [-0.2, 0) is 11.3 Å². The molecular weight excluding hydrogens is 691 g/mol. The quantitative estimate of drug-likeness (QED) is 0.176. The Labute approximate surface area is 302 Å². The largest absolute Gasteiger partial charge is 0.493 e. The van der Waals surface area contributed by atoms with Crippen molar-refractivity contribution >= 4 is 63.1 Å². The molecule has 0 spiro atoms. The van der Waals surface area contributed by atoms with Gasteiger partial charge in [-0.15, -0.1) is 0 Å². The fourth-order valence-corrected chi connectivity index (χ4v) is 7.71. The van der Waals surface area contributed by atoms with E-state index in [1.165, 1.54) is 11.3 Å². The third-order valence-corrected chi connectivity index (χ3v) is 10.5. The van der Waals surface area contributed by atoms with Gasteiger partial charge in [0.2, 0.25) is 0 Å². The number of methoxy groups -OCH3 is 2. The molecule has 1 atom stereocenters. The zero-order valence-electron chi connectivity index (χ0n) is 27.7. The Kier molecular flexibility index (Phi) is 9.13. The van der Waals surface area contributed by atoms with Crippen LogP contribution in [0.1, 0.15) is 35.2 Å². The van der Waals surface area contributed by atoms with Crippen LogP contribution >= 0.6 is 34.5 Å². The number of carbonyl (C=O) groups excluding carboxylic acids is 1. The Morgan fingerprint density at radius 3 is 2.46 bits per heavy atom. The number of hydrogen-bond donors (Lipinski definition) is 1. The van der Waals surface area contributed by atoms with Crippen LogP contribution in [0.4, 0.5) is 5.69 Å². The van der Waals surface area contributed by atoms with E-state index in [0.29, 0.717) is 59.9 Å². The van der Waals surface area contributed by atoms with E-state index < -0.39 is 6.04 Å². The van der Waals surface area contributed by atoms with Crippen molar-refractivity contribution in [2.24, 2.45) is 4.99 Å². The van der Waals surface area contributed by atoms with Crippen molar-refractivity contribution in [3.8, 4) is 11.5 Å². The Morgan fingerprint density at radius 2 is 1.70 bits per heavy atom. The maximum absolute atomic E-state index is 14.5. The smallest absolute Gasteiger partial charge is 0.271 e. The molecule has 1 amide bonds. The van der Waals surface area contributed by atoms with Gasteiger partial charge in [0.05, 0.1) is 46.1 Å². The van der Waals surface area contributed by atoms with Crippen molar-refractivity contribution < 1.29 is 14.3 Å². The van der Waals surface area contributed by atoms with Crippen molar-refractivity contribution in [2.45, 2.75) is 26.4 Å². The van der Waals surface area contributed by atoms with Crippen molar-refractivity contribution in [2.75, 3.05) is 19.5 Å². The van der Waals surface area contributed by atoms with E-state index in [4.69, 9.17) is 37.7 Å². The zero-order chi connectivity index (χ0) is 35.1. The van der Waals surface area contributed by atoms with E-state index in [2.05, 4.69) is 9.88 Å². The Morgan fingerprint density at radius 1 is 0.940 bits per heavy atom. The molecule has 2 aromatic heterocycles. The first kappa shape index (κ1) is 33.4. The van der Waals surface area contributed by atoms with Gasteiger partial charge in [0.15, 0.2) is 16.3 Å². The Bertz CT molecular complexity index is 2530. The topological polar surface area (TPSA) is 86.9 Å². The van der Waals surface area contributed by atoms with Crippen LogP contribution in [0.5, 0.6) is 11.5 Å². The number of benzene rings is 4. The maximum Gasteiger partial charge on any atom is 0.271 e. The highest BCUT2D eigenvalue weighted by Crippen LogP contribution is 2.36. The summed E-state index contributed by atoms with van der Waals surface area (Å²) in [4.78, 5) is 33.9. The molecule has 0 radical (unpaired) electrons. The van der Waals surface area contributed by atoms with E-state index in [0.717, 1.165) is 27.6 Å². The minimum Gasteiger partial charge on any atom is -0.493 e. The fraction of sp³-hybridized carbons (Fsp3) is 0.154. The number of nitrogens with zero attached hydrogens (tertiary/aromatic N) is 3. The number of anilines is 1. The molecule has 0 saturated carbocycles. The first-order chi connectivity index (χ1) is 24.2. The van der Waals surface area contributed by atoms with E-state index >= 15 is 0 Å². The van der Waals surface area contributed by atoms with Gasteiger partial charge in [0.1, 0.15) is 0 Å². The van der Waals surface area contributed by atoms with E-state index in [-0.39, 0.29) is 11.5 Å². The molecule has 0 aliphatic carbocycles. The number of hydrogen-bond acceptors (Lipinski definition) is 6. The summed E-state index contributed by atoms with van der Waals surface area (Å²) in [5.74, 6) is 0.669. The number of aryl methyl sites for hydroxylation is 1.